The number of rotatable bonds is 8. The molecule has 168 valence electrons. The lowest BCUT2D eigenvalue weighted by molar-refractivity contribution is -0.142. The third kappa shape index (κ3) is 6.88. The van der Waals surface area contributed by atoms with E-state index < -0.39 is 6.04 Å². The number of ether oxygens (including phenoxy) is 1. The molecule has 0 heterocycles. The zero-order valence-electron chi connectivity index (χ0n) is 18.7. The molecule has 2 aromatic carbocycles. The van der Waals surface area contributed by atoms with E-state index in [4.69, 9.17) is 27.9 Å². The Bertz CT molecular complexity index is 888. The highest BCUT2D eigenvalue weighted by Gasteiger charge is 2.27. The maximum atomic E-state index is 13.1. The second kappa shape index (κ2) is 10.9. The van der Waals surface area contributed by atoms with E-state index in [1.54, 1.807) is 25.1 Å². The van der Waals surface area contributed by atoms with Crippen LogP contribution >= 0.6 is 23.2 Å². The van der Waals surface area contributed by atoms with Crippen LogP contribution in [-0.2, 0) is 21.5 Å². The monoisotopic (exact) mass is 464 g/mol. The molecule has 0 bridgehead atoms. The molecule has 2 rings (SSSR count). The van der Waals surface area contributed by atoms with Crippen molar-refractivity contribution < 1.29 is 14.3 Å². The number of benzene rings is 2. The fourth-order valence-corrected chi connectivity index (χ4v) is 3.55. The summed E-state index contributed by atoms with van der Waals surface area (Å²) < 4.78 is 5.72. The maximum absolute atomic E-state index is 13.1. The smallest absolute Gasteiger partial charge is 0.261 e. The highest BCUT2D eigenvalue weighted by Crippen LogP contribution is 2.27. The highest BCUT2D eigenvalue weighted by atomic mass is 35.5. The molecule has 0 aliphatic rings. The number of nitrogens with zero attached hydrogens (tertiary/aromatic N) is 1. The molecule has 0 aliphatic carbocycles. The van der Waals surface area contributed by atoms with Crippen LogP contribution in [0.1, 0.15) is 45.7 Å². The van der Waals surface area contributed by atoms with E-state index in [2.05, 4.69) is 26.1 Å². The summed E-state index contributed by atoms with van der Waals surface area (Å²) in [5, 5.41) is 3.62. The van der Waals surface area contributed by atoms with E-state index in [-0.39, 0.29) is 30.4 Å². The van der Waals surface area contributed by atoms with Crippen molar-refractivity contribution in [3.8, 4) is 5.75 Å². The summed E-state index contributed by atoms with van der Waals surface area (Å²) in [7, 11) is 0. The average Bonchev–Trinajstić information content (AvgIpc) is 2.71. The highest BCUT2D eigenvalue weighted by molar-refractivity contribution is 6.36. The molecule has 1 unspecified atom stereocenters. The van der Waals surface area contributed by atoms with Gasteiger partial charge >= 0.3 is 0 Å². The lowest BCUT2D eigenvalue weighted by Crippen LogP contribution is -2.49. The summed E-state index contributed by atoms with van der Waals surface area (Å²) in [4.78, 5) is 26.9. The quantitative estimate of drug-likeness (QED) is 0.582. The van der Waals surface area contributed by atoms with Crippen molar-refractivity contribution >= 4 is 35.0 Å². The SMILES string of the molecule is CCNC(=O)C(C)N(Cc1c(Cl)cccc1Cl)C(=O)COc1ccc(C(C)(C)C)cc1. The van der Waals surface area contributed by atoms with Crippen LogP contribution < -0.4 is 10.1 Å². The largest absolute Gasteiger partial charge is 0.484 e. The van der Waals surface area contributed by atoms with Gasteiger partial charge in [0.15, 0.2) is 6.61 Å². The Hall–Kier alpha value is -2.24. The molecule has 0 spiro atoms. The fraction of sp³-hybridized carbons (Fsp3) is 0.417. The van der Waals surface area contributed by atoms with Crippen molar-refractivity contribution in [3.63, 3.8) is 0 Å². The molecule has 2 aromatic rings. The van der Waals surface area contributed by atoms with Crippen LogP contribution in [0.5, 0.6) is 5.75 Å². The normalized spacial score (nSPS) is 12.2. The van der Waals surface area contributed by atoms with Gasteiger partial charge in [-0.15, -0.1) is 0 Å². The second-order valence-corrected chi connectivity index (χ2v) is 9.17. The number of hydrogen-bond donors (Lipinski definition) is 1. The molecule has 0 fully saturated rings. The van der Waals surface area contributed by atoms with Crippen molar-refractivity contribution in [1.29, 1.82) is 0 Å². The second-order valence-electron chi connectivity index (χ2n) is 8.36. The Balaban J connectivity index is 2.18. The van der Waals surface area contributed by atoms with Crippen LogP contribution in [0.15, 0.2) is 42.5 Å². The van der Waals surface area contributed by atoms with Gasteiger partial charge < -0.3 is 15.0 Å². The Morgan fingerprint density at radius 1 is 1.06 bits per heavy atom. The minimum atomic E-state index is -0.716. The van der Waals surface area contributed by atoms with Gasteiger partial charge in [-0.1, -0.05) is 62.2 Å². The third-order valence-corrected chi connectivity index (χ3v) is 5.70. The first kappa shape index (κ1) is 25.0. The molecule has 1 atom stereocenters. The maximum Gasteiger partial charge on any atom is 0.261 e. The number of nitrogens with one attached hydrogen (secondary N) is 1. The van der Waals surface area contributed by atoms with Gasteiger partial charge in [-0.25, -0.2) is 0 Å². The van der Waals surface area contributed by atoms with E-state index in [1.807, 2.05) is 31.2 Å². The van der Waals surface area contributed by atoms with Gasteiger partial charge in [-0.2, -0.15) is 0 Å². The van der Waals surface area contributed by atoms with Crippen LogP contribution in [0, 0.1) is 0 Å². The summed E-state index contributed by atoms with van der Waals surface area (Å²) in [6, 6.07) is 12.1. The minimum absolute atomic E-state index is 0.0292. The molecule has 7 heteroatoms. The number of carbonyl (C=O) groups is 2. The van der Waals surface area contributed by atoms with Crippen molar-refractivity contribution in [1.82, 2.24) is 10.2 Å². The molecule has 1 N–H and O–H groups in total. The summed E-state index contributed by atoms with van der Waals surface area (Å²) >= 11 is 12.6. The predicted octanol–water partition coefficient (Wildman–Crippen LogP) is 5.22. The number of hydrogen-bond acceptors (Lipinski definition) is 3. The Kier molecular flexibility index (Phi) is 8.78. The van der Waals surface area contributed by atoms with Gasteiger partial charge in [0.05, 0.1) is 0 Å². The first-order valence-electron chi connectivity index (χ1n) is 10.3. The predicted molar refractivity (Wildman–Crippen MR) is 126 cm³/mol. The summed E-state index contributed by atoms with van der Waals surface area (Å²) in [6.07, 6.45) is 0. The number of amides is 2. The van der Waals surface area contributed by atoms with Gasteiger partial charge in [0, 0.05) is 28.7 Å². The van der Waals surface area contributed by atoms with Crippen LogP contribution in [-0.4, -0.2) is 35.9 Å². The van der Waals surface area contributed by atoms with Gasteiger partial charge in [0.2, 0.25) is 5.91 Å². The molecule has 5 nitrogen and oxygen atoms in total. The molecular formula is C24H30Cl2N2O3. The van der Waals surface area contributed by atoms with E-state index in [9.17, 15) is 9.59 Å². The summed E-state index contributed by atoms with van der Waals surface area (Å²) in [6.45, 7) is 10.3. The van der Waals surface area contributed by atoms with E-state index in [0.29, 0.717) is 27.9 Å². The zero-order chi connectivity index (χ0) is 23.2. The van der Waals surface area contributed by atoms with Gasteiger partial charge in [-0.05, 0) is 49.1 Å². The first-order valence-corrected chi connectivity index (χ1v) is 11.0. The Morgan fingerprint density at radius 2 is 1.65 bits per heavy atom. The summed E-state index contributed by atoms with van der Waals surface area (Å²) in [5.41, 5.74) is 1.79. The van der Waals surface area contributed by atoms with Crippen LogP contribution in [0.3, 0.4) is 0 Å². The van der Waals surface area contributed by atoms with Crippen molar-refractivity contribution in [2.24, 2.45) is 0 Å². The number of halogens is 2. The van der Waals surface area contributed by atoms with E-state index >= 15 is 0 Å². The van der Waals surface area contributed by atoms with Crippen molar-refractivity contribution in [2.45, 2.75) is 52.6 Å². The van der Waals surface area contributed by atoms with Crippen molar-refractivity contribution in [2.75, 3.05) is 13.2 Å². The van der Waals surface area contributed by atoms with Crippen LogP contribution in [0.25, 0.3) is 0 Å². The average molecular weight is 465 g/mol. The topological polar surface area (TPSA) is 58.6 Å². The van der Waals surface area contributed by atoms with Gasteiger partial charge in [0.1, 0.15) is 11.8 Å². The minimum Gasteiger partial charge on any atom is -0.484 e. The van der Waals surface area contributed by atoms with E-state index in [1.165, 1.54) is 10.5 Å². The van der Waals surface area contributed by atoms with Gasteiger partial charge in [0.25, 0.3) is 5.91 Å². The Morgan fingerprint density at radius 3 is 2.16 bits per heavy atom. The molecule has 0 aliphatic heterocycles. The zero-order valence-corrected chi connectivity index (χ0v) is 20.2. The summed E-state index contributed by atoms with van der Waals surface area (Å²) in [5.74, 6) is -0.00840. The molecule has 0 saturated carbocycles. The first-order chi connectivity index (χ1) is 14.5. The van der Waals surface area contributed by atoms with Crippen LogP contribution in [0.4, 0.5) is 0 Å². The molecule has 0 aromatic heterocycles. The fourth-order valence-electron chi connectivity index (χ4n) is 3.04. The number of carbonyl (C=O) groups excluding carboxylic acids is 2. The molecule has 31 heavy (non-hydrogen) atoms. The molecule has 0 radical (unpaired) electrons. The molecule has 2 amide bonds. The van der Waals surface area contributed by atoms with Crippen molar-refractivity contribution in [3.05, 3.63) is 63.6 Å². The third-order valence-electron chi connectivity index (χ3n) is 4.99. The lowest BCUT2D eigenvalue weighted by atomic mass is 9.87. The van der Waals surface area contributed by atoms with Crippen LogP contribution in [0.2, 0.25) is 10.0 Å². The lowest BCUT2D eigenvalue weighted by Gasteiger charge is -2.29. The van der Waals surface area contributed by atoms with Gasteiger partial charge in [-0.3, -0.25) is 9.59 Å². The Labute approximate surface area is 194 Å². The molecule has 0 saturated heterocycles. The standard InChI is InChI=1S/C24H30Cl2N2O3/c1-6-27-23(30)16(2)28(14-19-20(25)8-7-9-21(19)26)22(29)15-31-18-12-10-17(11-13-18)24(3,4)5/h7-13,16H,6,14-15H2,1-5H3,(H,27,30). The van der Waals surface area contributed by atoms with E-state index in [0.717, 1.165) is 0 Å². The molecular weight excluding hydrogens is 435 g/mol. The number of likely N-dealkylation sites (N-methyl/N-ethyl adjacent to an activating group) is 1.